The summed E-state index contributed by atoms with van der Waals surface area (Å²) in [7, 11) is 1.64. The largest absolute Gasteiger partial charge is 0.395 e. The summed E-state index contributed by atoms with van der Waals surface area (Å²) in [6.07, 6.45) is 6.21. The van der Waals surface area contributed by atoms with Crippen LogP contribution in [-0.2, 0) is 9.59 Å². The maximum Gasteiger partial charge on any atom is 0.271 e. The first-order valence-corrected chi connectivity index (χ1v) is 12.0. The number of halogens is 1. The number of carbonyl (C=O) groups excluding carboxylic acids is 2. The van der Waals surface area contributed by atoms with E-state index in [1.807, 2.05) is 49.2 Å². The van der Waals surface area contributed by atoms with E-state index in [-0.39, 0.29) is 43.6 Å². The molecule has 7 nitrogen and oxygen atoms in total. The minimum atomic E-state index is -0.168. The fourth-order valence-electron chi connectivity index (χ4n) is 3.94. The minimum Gasteiger partial charge on any atom is -0.395 e. The monoisotopic (exact) mass is 464 g/mol. The molecule has 0 saturated carbocycles. The molecule has 2 heterocycles. The van der Waals surface area contributed by atoms with E-state index in [2.05, 4.69) is 12.3 Å². The van der Waals surface area contributed by atoms with E-state index in [0.29, 0.717) is 17.3 Å². The van der Waals surface area contributed by atoms with Crippen LogP contribution in [0, 0.1) is 0 Å². The third kappa shape index (κ3) is 6.47. The van der Waals surface area contributed by atoms with E-state index in [0.717, 1.165) is 31.2 Å². The molecule has 2 aliphatic rings. The van der Waals surface area contributed by atoms with Crippen molar-refractivity contribution in [1.29, 1.82) is 0 Å². The number of hydrogen-bond donors (Lipinski definition) is 2. The summed E-state index contributed by atoms with van der Waals surface area (Å²) in [6.45, 7) is 6.86. The number of aliphatic hydroxyl groups excluding tert-OH is 1. The highest BCUT2D eigenvalue weighted by Gasteiger charge is 2.41. The maximum atomic E-state index is 13.2. The summed E-state index contributed by atoms with van der Waals surface area (Å²) in [5.74, 6) is -0.310. The van der Waals surface area contributed by atoms with E-state index >= 15 is 0 Å². The number of hydrazine groups is 1. The summed E-state index contributed by atoms with van der Waals surface area (Å²) in [4.78, 5) is 28.7. The van der Waals surface area contributed by atoms with Crippen molar-refractivity contribution in [3.63, 3.8) is 0 Å². The van der Waals surface area contributed by atoms with Crippen molar-refractivity contribution in [2.45, 2.75) is 58.5 Å². The lowest BCUT2D eigenvalue weighted by Crippen LogP contribution is -2.58. The van der Waals surface area contributed by atoms with Gasteiger partial charge in [-0.1, -0.05) is 63.8 Å². The smallest absolute Gasteiger partial charge is 0.271 e. The predicted octanol–water partition coefficient (Wildman–Crippen LogP) is 3.35. The molecule has 3 rings (SSSR count). The van der Waals surface area contributed by atoms with Crippen molar-refractivity contribution in [1.82, 2.24) is 20.2 Å². The van der Waals surface area contributed by atoms with E-state index in [9.17, 15) is 9.59 Å². The second-order valence-electron chi connectivity index (χ2n) is 7.95. The Morgan fingerprint density at radius 1 is 1.25 bits per heavy atom. The summed E-state index contributed by atoms with van der Waals surface area (Å²) < 4.78 is 0. The van der Waals surface area contributed by atoms with Crippen molar-refractivity contribution < 1.29 is 14.7 Å². The normalized spacial score (nSPS) is 19.8. The number of unbranched alkanes of at least 4 members (excludes halogenated alkanes) is 2. The van der Waals surface area contributed by atoms with Crippen LogP contribution >= 0.6 is 11.6 Å². The fraction of sp³-hybridized carbons (Fsp3) is 0.583. The zero-order valence-corrected chi connectivity index (χ0v) is 20.4. The van der Waals surface area contributed by atoms with Crippen LogP contribution in [0.4, 0.5) is 0 Å². The Balaban J connectivity index is 0.00000176. The molecule has 1 aromatic carbocycles. The standard InChI is InChI=1S/C22H31ClN4O3.C2H6/c1-3-4-5-6-18-14-26(15-21(29)25(2)11-12-28)22(30)20-13-19(24-27(18)20)16-7-9-17(23)10-8-16;1-2/h7-10,13,18-19,24,28H,3-6,11-12,14-15H2,1-2H3;1-2H3. The number of piperazine rings is 1. The van der Waals surface area contributed by atoms with E-state index in [4.69, 9.17) is 16.7 Å². The SMILES string of the molecule is CC.CCCCCC1CN(CC(=O)N(C)CCO)C(=O)C2=CC(c3ccc(Cl)cc3)NN21. The molecule has 2 atom stereocenters. The molecule has 2 aliphatic heterocycles. The highest BCUT2D eigenvalue weighted by Crippen LogP contribution is 2.32. The fourth-order valence-corrected chi connectivity index (χ4v) is 4.06. The lowest BCUT2D eigenvalue weighted by atomic mass is 10.0. The van der Waals surface area contributed by atoms with Gasteiger partial charge in [0, 0.05) is 25.2 Å². The molecule has 8 heteroatoms. The van der Waals surface area contributed by atoms with Gasteiger partial charge < -0.3 is 14.9 Å². The highest BCUT2D eigenvalue weighted by atomic mass is 35.5. The van der Waals surface area contributed by atoms with Gasteiger partial charge in [-0.3, -0.25) is 14.6 Å². The molecular weight excluding hydrogens is 428 g/mol. The van der Waals surface area contributed by atoms with Gasteiger partial charge in [-0.2, -0.15) is 0 Å². The molecule has 1 saturated heterocycles. The first-order chi connectivity index (χ1) is 15.4. The number of aliphatic hydroxyl groups is 1. The molecule has 178 valence electrons. The molecule has 0 bridgehead atoms. The second kappa shape index (κ2) is 12.8. The molecule has 0 spiro atoms. The van der Waals surface area contributed by atoms with Crippen LogP contribution in [0.15, 0.2) is 36.0 Å². The van der Waals surface area contributed by atoms with Crippen LogP contribution in [0.25, 0.3) is 0 Å². The average Bonchev–Trinajstić information content (AvgIpc) is 3.25. The summed E-state index contributed by atoms with van der Waals surface area (Å²) in [5.41, 5.74) is 5.11. The third-order valence-electron chi connectivity index (χ3n) is 5.72. The van der Waals surface area contributed by atoms with Gasteiger partial charge in [-0.25, -0.2) is 5.43 Å². The Morgan fingerprint density at radius 3 is 2.56 bits per heavy atom. The Labute approximate surface area is 197 Å². The molecule has 0 aromatic heterocycles. The van der Waals surface area contributed by atoms with E-state index in [1.54, 1.807) is 11.9 Å². The maximum absolute atomic E-state index is 13.2. The van der Waals surface area contributed by atoms with Crippen molar-refractivity contribution >= 4 is 23.4 Å². The number of hydrogen-bond acceptors (Lipinski definition) is 5. The summed E-state index contributed by atoms with van der Waals surface area (Å²) in [5, 5.41) is 11.7. The van der Waals surface area contributed by atoms with Crippen molar-refractivity contribution in [3.8, 4) is 0 Å². The number of nitrogens with zero attached hydrogens (tertiary/aromatic N) is 3. The van der Waals surface area contributed by atoms with Crippen LogP contribution in [0.5, 0.6) is 0 Å². The molecule has 1 aromatic rings. The Morgan fingerprint density at radius 2 is 1.94 bits per heavy atom. The van der Waals surface area contributed by atoms with Crippen LogP contribution in [0.2, 0.25) is 5.02 Å². The number of benzene rings is 1. The Kier molecular flexibility index (Phi) is 10.5. The molecule has 32 heavy (non-hydrogen) atoms. The number of likely N-dealkylation sites (N-methyl/N-ethyl adjacent to an activating group) is 1. The Bertz CT molecular complexity index is 784. The molecule has 1 fully saturated rings. The first-order valence-electron chi connectivity index (χ1n) is 11.6. The number of nitrogens with one attached hydrogen (secondary N) is 1. The lowest BCUT2D eigenvalue weighted by molar-refractivity contribution is -0.142. The van der Waals surface area contributed by atoms with Gasteiger partial charge in [0.15, 0.2) is 0 Å². The molecular formula is C24H37ClN4O3. The lowest BCUT2D eigenvalue weighted by Gasteiger charge is -2.41. The van der Waals surface area contributed by atoms with E-state index < -0.39 is 0 Å². The van der Waals surface area contributed by atoms with Gasteiger partial charge >= 0.3 is 0 Å². The number of amides is 2. The molecule has 0 radical (unpaired) electrons. The number of rotatable bonds is 9. The Hall–Kier alpha value is -2.09. The topological polar surface area (TPSA) is 76.1 Å². The van der Waals surface area contributed by atoms with Gasteiger partial charge in [0.05, 0.1) is 18.7 Å². The van der Waals surface area contributed by atoms with Gasteiger partial charge in [0.2, 0.25) is 5.91 Å². The molecule has 0 aliphatic carbocycles. The van der Waals surface area contributed by atoms with Crippen molar-refractivity contribution in [2.75, 3.05) is 33.3 Å². The van der Waals surface area contributed by atoms with Gasteiger partial charge in [-0.05, 0) is 30.2 Å². The van der Waals surface area contributed by atoms with Gasteiger partial charge in [0.1, 0.15) is 12.2 Å². The van der Waals surface area contributed by atoms with E-state index in [1.165, 1.54) is 4.90 Å². The number of fused-ring (bicyclic) bond motifs is 1. The molecule has 2 amide bonds. The predicted molar refractivity (Wildman–Crippen MR) is 128 cm³/mol. The van der Waals surface area contributed by atoms with Crippen LogP contribution < -0.4 is 5.43 Å². The molecule has 2 N–H and O–H groups in total. The molecule has 2 unspecified atom stereocenters. The minimum absolute atomic E-state index is 0.0242. The van der Waals surface area contributed by atoms with Crippen molar-refractivity contribution in [2.24, 2.45) is 0 Å². The quantitative estimate of drug-likeness (QED) is 0.548. The van der Waals surface area contributed by atoms with Crippen LogP contribution in [-0.4, -0.2) is 71.1 Å². The van der Waals surface area contributed by atoms with Crippen LogP contribution in [0.3, 0.4) is 0 Å². The average molecular weight is 465 g/mol. The summed E-state index contributed by atoms with van der Waals surface area (Å²) in [6, 6.07) is 7.60. The zero-order valence-electron chi connectivity index (χ0n) is 19.7. The third-order valence-corrected chi connectivity index (χ3v) is 5.97. The highest BCUT2D eigenvalue weighted by molar-refractivity contribution is 6.30. The number of carbonyl (C=O) groups is 2. The first kappa shape index (κ1) is 26.2. The van der Waals surface area contributed by atoms with Gasteiger partial charge in [-0.15, -0.1) is 0 Å². The van der Waals surface area contributed by atoms with Crippen molar-refractivity contribution in [3.05, 3.63) is 46.6 Å². The van der Waals surface area contributed by atoms with Gasteiger partial charge in [0.25, 0.3) is 5.91 Å². The van der Waals surface area contributed by atoms with Crippen LogP contribution in [0.1, 0.15) is 58.1 Å². The zero-order chi connectivity index (χ0) is 23.7. The second-order valence-corrected chi connectivity index (χ2v) is 8.39. The summed E-state index contributed by atoms with van der Waals surface area (Å²) >= 11 is 6.01.